The van der Waals surface area contributed by atoms with Crippen LogP contribution in [0.5, 0.6) is 5.75 Å². The van der Waals surface area contributed by atoms with Crippen molar-refractivity contribution in [3.63, 3.8) is 0 Å². The van der Waals surface area contributed by atoms with Crippen LogP contribution in [0, 0.1) is 6.92 Å². The molecule has 3 aromatic carbocycles. The molecule has 0 aromatic heterocycles. The van der Waals surface area contributed by atoms with Crippen molar-refractivity contribution < 1.29 is 17.9 Å². The molecule has 30 heavy (non-hydrogen) atoms. The quantitative estimate of drug-likeness (QED) is 0.446. The molecule has 156 valence electrons. The molecule has 0 fully saturated rings. The molecule has 0 aliphatic rings. The van der Waals surface area contributed by atoms with Crippen LogP contribution in [0.1, 0.15) is 42.3 Å². The predicted octanol–water partition coefficient (Wildman–Crippen LogP) is 5.31. The van der Waals surface area contributed by atoms with E-state index >= 15 is 0 Å². The van der Waals surface area contributed by atoms with Crippen LogP contribution < -0.4 is 9.46 Å². The van der Waals surface area contributed by atoms with Crippen molar-refractivity contribution in [2.75, 3.05) is 4.72 Å². The standard InChI is InChI=1S/C24H25NO4S/c1-17-8-14-22(15-9-17)30(27,28)25-20-7-5-6-18(16-20)23(26)29-21-12-10-19(11-13-21)24(2,3)4/h5-16,25H,1-4H3. The molecule has 0 amide bonds. The number of anilines is 1. The fourth-order valence-electron chi connectivity index (χ4n) is 2.83. The Balaban J connectivity index is 1.74. The Morgan fingerprint density at radius 1 is 0.900 bits per heavy atom. The first-order valence-corrected chi connectivity index (χ1v) is 11.1. The summed E-state index contributed by atoms with van der Waals surface area (Å²) < 4.78 is 33.1. The van der Waals surface area contributed by atoms with Crippen LogP contribution in [-0.4, -0.2) is 14.4 Å². The highest BCUT2D eigenvalue weighted by Crippen LogP contribution is 2.25. The van der Waals surface area contributed by atoms with Gasteiger partial charge in [0.1, 0.15) is 5.75 Å². The largest absolute Gasteiger partial charge is 0.423 e. The number of aryl methyl sites for hydroxylation is 1. The molecule has 0 aliphatic heterocycles. The topological polar surface area (TPSA) is 72.5 Å². The van der Waals surface area contributed by atoms with Crippen molar-refractivity contribution in [3.05, 3.63) is 89.5 Å². The van der Waals surface area contributed by atoms with E-state index in [1.165, 1.54) is 18.2 Å². The highest BCUT2D eigenvalue weighted by atomic mass is 32.2. The van der Waals surface area contributed by atoms with Crippen LogP contribution in [-0.2, 0) is 15.4 Å². The molecule has 0 saturated heterocycles. The van der Waals surface area contributed by atoms with Crippen molar-refractivity contribution >= 4 is 21.7 Å². The number of sulfonamides is 1. The first-order valence-electron chi connectivity index (χ1n) is 9.57. The zero-order valence-corrected chi connectivity index (χ0v) is 18.3. The van der Waals surface area contributed by atoms with Gasteiger partial charge in [0.05, 0.1) is 10.5 Å². The van der Waals surface area contributed by atoms with Crippen molar-refractivity contribution in [1.29, 1.82) is 0 Å². The van der Waals surface area contributed by atoms with Gasteiger partial charge in [0.25, 0.3) is 10.0 Å². The summed E-state index contributed by atoms with van der Waals surface area (Å²) in [6.45, 7) is 8.21. The molecule has 3 rings (SSSR count). The van der Waals surface area contributed by atoms with E-state index in [1.54, 1.807) is 42.5 Å². The number of rotatable bonds is 5. The lowest BCUT2D eigenvalue weighted by Gasteiger charge is -2.19. The Hall–Kier alpha value is -3.12. The summed E-state index contributed by atoms with van der Waals surface area (Å²) in [4.78, 5) is 12.7. The van der Waals surface area contributed by atoms with Gasteiger partial charge in [0, 0.05) is 5.69 Å². The molecule has 6 heteroatoms. The van der Waals surface area contributed by atoms with E-state index in [4.69, 9.17) is 4.74 Å². The Kier molecular flexibility index (Phi) is 5.99. The third kappa shape index (κ3) is 5.27. The van der Waals surface area contributed by atoms with E-state index in [-0.39, 0.29) is 21.6 Å². The van der Waals surface area contributed by atoms with E-state index in [9.17, 15) is 13.2 Å². The zero-order valence-electron chi connectivity index (χ0n) is 17.5. The molecule has 0 heterocycles. The van der Waals surface area contributed by atoms with E-state index in [1.807, 2.05) is 19.1 Å². The molecule has 0 bridgehead atoms. The van der Waals surface area contributed by atoms with E-state index in [0.29, 0.717) is 5.75 Å². The van der Waals surface area contributed by atoms with Gasteiger partial charge in [-0.2, -0.15) is 0 Å². The number of hydrogen-bond donors (Lipinski definition) is 1. The fourth-order valence-corrected chi connectivity index (χ4v) is 3.88. The number of ether oxygens (including phenoxy) is 1. The van der Waals surface area contributed by atoms with E-state index < -0.39 is 16.0 Å². The summed E-state index contributed by atoms with van der Waals surface area (Å²) in [5, 5.41) is 0. The van der Waals surface area contributed by atoms with E-state index in [2.05, 4.69) is 25.5 Å². The maximum atomic E-state index is 12.6. The lowest BCUT2D eigenvalue weighted by molar-refractivity contribution is 0.0734. The minimum atomic E-state index is -3.75. The van der Waals surface area contributed by atoms with Gasteiger partial charge in [-0.15, -0.1) is 0 Å². The maximum absolute atomic E-state index is 12.6. The number of hydrogen-bond acceptors (Lipinski definition) is 4. The first kappa shape index (κ1) is 21.6. The van der Waals surface area contributed by atoms with Gasteiger partial charge in [0.2, 0.25) is 0 Å². The van der Waals surface area contributed by atoms with Crippen LogP contribution in [0.15, 0.2) is 77.7 Å². The number of carbonyl (C=O) groups is 1. The molecule has 0 unspecified atom stereocenters. The molecular formula is C24H25NO4S. The number of benzene rings is 3. The van der Waals surface area contributed by atoms with Gasteiger partial charge in [-0.1, -0.05) is 56.7 Å². The molecule has 0 saturated carbocycles. The summed E-state index contributed by atoms with van der Waals surface area (Å²) in [6.07, 6.45) is 0. The predicted molar refractivity (Wildman–Crippen MR) is 119 cm³/mol. The second kappa shape index (κ2) is 8.32. The average Bonchev–Trinajstić information content (AvgIpc) is 2.68. The lowest BCUT2D eigenvalue weighted by Crippen LogP contribution is -2.14. The van der Waals surface area contributed by atoms with Gasteiger partial charge in [0.15, 0.2) is 0 Å². The first-order chi connectivity index (χ1) is 14.0. The molecule has 0 spiro atoms. The average molecular weight is 424 g/mol. The van der Waals surface area contributed by atoms with Gasteiger partial charge in [-0.3, -0.25) is 4.72 Å². The molecule has 3 aromatic rings. The van der Waals surface area contributed by atoms with Gasteiger partial charge >= 0.3 is 5.97 Å². The van der Waals surface area contributed by atoms with Crippen molar-refractivity contribution in [3.8, 4) is 5.75 Å². The second-order valence-corrected chi connectivity index (χ2v) is 9.85. The van der Waals surface area contributed by atoms with Crippen molar-refractivity contribution in [2.45, 2.75) is 38.0 Å². The molecular weight excluding hydrogens is 398 g/mol. The summed E-state index contributed by atoms with van der Waals surface area (Å²) in [5.41, 5.74) is 2.64. The Labute approximate surface area is 177 Å². The fraction of sp³-hybridized carbons (Fsp3) is 0.208. The third-order valence-electron chi connectivity index (χ3n) is 4.61. The maximum Gasteiger partial charge on any atom is 0.343 e. The number of esters is 1. The van der Waals surface area contributed by atoms with Gasteiger partial charge < -0.3 is 4.74 Å². The van der Waals surface area contributed by atoms with Crippen molar-refractivity contribution in [1.82, 2.24) is 0 Å². The molecule has 1 N–H and O–H groups in total. The Morgan fingerprint density at radius 2 is 1.53 bits per heavy atom. The summed E-state index contributed by atoms with van der Waals surface area (Å²) in [6, 6.07) is 20.1. The molecule has 0 radical (unpaired) electrons. The second-order valence-electron chi connectivity index (χ2n) is 8.16. The minimum absolute atomic E-state index is 0.00544. The summed E-state index contributed by atoms with van der Waals surface area (Å²) in [7, 11) is -3.75. The summed E-state index contributed by atoms with van der Waals surface area (Å²) in [5.74, 6) is -0.131. The van der Waals surface area contributed by atoms with Gasteiger partial charge in [-0.05, 0) is 60.4 Å². The normalized spacial score (nSPS) is 11.7. The number of nitrogens with one attached hydrogen (secondary N) is 1. The van der Waals surface area contributed by atoms with Crippen LogP contribution in [0.2, 0.25) is 0 Å². The SMILES string of the molecule is Cc1ccc(S(=O)(=O)Nc2cccc(C(=O)Oc3ccc(C(C)(C)C)cc3)c2)cc1. The number of carbonyl (C=O) groups excluding carboxylic acids is 1. The molecule has 5 nitrogen and oxygen atoms in total. The molecule has 0 aliphatic carbocycles. The van der Waals surface area contributed by atoms with Crippen LogP contribution in [0.25, 0.3) is 0 Å². The summed E-state index contributed by atoms with van der Waals surface area (Å²) >= 11 is 0. The van der Waals surface area contributed by atoms with Crippen LogP contribution in [0.3, 0.4) is 0 Å². The zero-order chi connectivity index (χ0) is 21.9. The van der Waals surface area contributed by atoms with Gasteiger partial charge in [-0.25, -0.2) is 13.2 Å². The smallest absolute Gasteiger partial charge is 0.343 e. The van der Waals surface area contributed by atoms with Crippen molar-refractivity contribution in [2.24, 2.45) is 0 Å². The Bertz CT molecular complexity index is 1140. The van der Waals surface area contributed by atoms with Crippen LogP contribution >= 0.6 is 0 Å². The van der Waals surface area contributed by atoms with Crippen LogP contribution in [0.4, 0.5) is 5.69 Å². The highest BCUT2D eigenvalue weighted by Gasteiger charge is 2.17. The van der Waals surface area contributed by atoms with E-state index in [0.717, 1.165) is 11.1 Å². The highest BCUT2D eigenvalue weighted by molar-refractivity contribution is 7.92. The lowest BCUT2D eigenvalue weighted by atomic mass is 9.87. The monoisotopic (exact) mass is 423 g/mol. The Morgan fingerprint density at radius 3 is 2.13 bits per heavy atom. The molecule has 0 atom stereocenters. The minimum Gasteiger partial charge on any atom is -0.423 e. The third-order valence-corrected chi connectivity index (χ3v) is 6.01.